The molecule has 10 atom stereocenters. The van der Waals surface area contributed by atoms with E-state index < -0.39 is 83.8 Å². The minimum atomic E-state index is -3.92. The topological polar surface area (TPSA) is 233 Å². The number of aliphatic hydroxyl groups is 2. The molecular formula is C35H46O15. The molecule has 15 heteroatoms. The molecule has 2 fully saturated rings. The summed E-state index contributed by atoms with van der Waals surface area (Å²) >= 11 is 0. The fourth-order valence-electron chi connectivity index (χ4n) is 6.47. The molecule has 0 amide bonds. The molecule has 2 bridgehead atoms. The van der Waals surface area contributed by atoms with Crippen LogP contribution in [0.2, 0.25) is 0 Å². The first-order chi connectivity index (χ1) is 23.4. The van der Waals surface area contributed by atoms with Gasteiger partial charge in [0.2, 0.25) is 23.1 Å². The second kappa shape index (κ2) is 16.2. The van der Waals surface area contributed by atoms with Crippen molar-refractivity contribution in [1.29, 1.82) is 0 Å². The zero-order valence-corrected chi connectivity index (χ0v) is 28.6. The first-order valence-corrected chi connectivity index (χ1v) is 16.2. The molecule has 2 unspecified atom stereocenters. The Bertz CT molecular complexity index is 1460. The van der Waals surface area contributed by atoms with Gasteiger partial charge >= 0.3 is 29.8 Å². The summed E-state index contributed by atoms with van der Waals surface area (Å²) in [5.41, 5.74) is -6.53. The van der Waals surface area contributed by atoms with E-state index in [0.717, 1.165) is 25.0 Å². The highest BCUT2D eigenvalue weighted by Gasteiger charge is 2.85. The van der Waals surface area contributed by atoms with Crippen LogP contribution in [0.15, 0.2) is 54.6 Å². The molecule has 2 heterocycles. The van der Waals surface area contributed by atoms with Crippen LogP contribution in [0.4, 0.5) is 0 Å². The third kappa shape index (κ3) is 7.92. The molecule has 1 aromatic carbocycles. The predicted molar refractivity (Wildman–Crippen MR) is 172 cm³/mol. The predicted octanol–water partition coefficient (Wildman–Crippen LogP) is 2.26. The molecule has 0 aromatic heterocycles. The molecule has 15 nitrogen and oxygen atoms in total. The van der Waals surface area contributed by atoms with E-state index in [4.69, 9.17) is 23.7 Å². The summed E-state index contributed by atoms with van der Waals surface area (Å²) in [6.45, 7) is 11.0. The molecule has 50 heavy (non-hydrogen) atoms. The Kier molecular flexibility index (Phi) is 13.1. The number of aliphatic hydroxyl groups excluding tert-OH is 1. The Morgan fingerprint density at radius 1 is 1.06 bits per heavy atom. The van der Waals surface area contributed by atoms with E-state index in [-0.39, 0.29) is 24.3 Å². The number of fused-ring (bicyclic) bond motifs is 2. The third-order valence-corrected chi connectivity index (χ3v) is 9.29. The molecule has 0 spiro atoms. The van der Waals surface area contributed by atoms with E-state index in [2.05, 4.69) is 6.58 Å². The molecule has 0 aliphatic carbocycles. The van der Waals surface area contributed by atoms with Gasteiger partial charge in [0, 0.05) is 33.0 Å². The van der Waals surface area contributed by atoms with Gasteiger partial charge in [-0.15, -0.1) is 0 Å². The maximum atomic E-state index is 13.0. The number of hydrogen-bond acceptors (Lipinski definition) is 12. The lowest BCUT2D eigenvalue weighted by Crippen LogP contribution is -2.78. The summed E-state index contributed by atoms with van der Waals surface area (Å²) in [5, 5.41) is 53.6. The molecule has 1 aromatic rings. The van der Waals surface area contributed by atoms with Crippen LogP contribution < -0.4 is 0 Å². The zero-order valence-electron chi connectivity index (χ0n) is 28.6. The van der Waals surface area contributed by atoms with Crippen molar-refractivity contribution >= 4 is 29.8 Å². The van der Waals surface area contributed by atoms with E-state index in [1.807, 2.05) is 39.0 Å². The maximum absolute atomic E-state index is 13.0. The minimum Gasteiger partial charge on any atom is -0.479 e. The van der Waals surface area contributed by atoms with E-state index in [1.165, 1.54) is 13.2 Å². The smallest absolute Gasteiger partial charge is 0.344 e. The molecule has 5 N–H and O–H groups in total. The van der Waals surface area contributed by atoms with Crippen LogP contribution in [-0.2, 0) is 54.1 Å². The van der Waals surface area contributed by atoms with E-state index in [0.29, 0.717) is 12.3 Å². The summed E-state index contributed by atoms with van der Waals surface area (Å²) in [4.78, 5) is 63.1. The highest BCUT2D eigenvalue weighted by Crippen LogP contribution is 2.56. The van der Waals surface area contributed by atoms with Crippen molar-refractivity contribution in [3.63, 3.8) is 0 Å². The first-order valence-electron chi connectivity index (χ1n) is 16.2. The number of carbonyl (C=O) groups is 5. The van der Waals surface area contributed by atoms with E-state index in [9.17, 15) is 49.5 Å². The van der Waals surface area contributed by atoms with Crippen molar-refractivity contribution in [1.82, 2.24) is 0 Å². The summed E-state index contributed by atoms with van der Waals surface area (Å²) < 4.78 is 27.6. The van der Waals surface area contributed by atoms with Crippen LogP contribution in [0.3, 0.4) is 0 Å². The summed E-state index contributed by atoms with van der Waals surface area (Å²) in [7, 11) is 1.38. The largest absolute Gasteiger partial charge is 0.479 e. The van der Waals surface area contributed by atoms with Gasteiger partial charge < -0.3 is 49.2 Å². The highest BCUT2D eigenvalue weighted by atomic mass is 16.8. The van der Waals surface area contributed by atoms with Crippen molar-refractivity contribution in [3.05, 3.63) is 60.2 Å². The van der Waals surface area contributed by atoms with Crippen molar-refractivity contribution in [2.75, 3.05) is 7.11 Å². The molecule has 3 rings (SSSR count). The number of esters is 2. The van der Waals surface area contributed by atoms with Gasteiger partial charge in [-0.2, -0.15) is 0 Å². The first kappa shape index (κ1) is 40.3. The van der Waals surface area contributed by atoms with Crippen molar-refractivity contribution in [2.24, 2.45) is 11.8 Å². The van der Waals surface area contributed by atoms with Crippen LogP contribution in [0.25, 0.3) is 0 Å². The molecular weight excluding hydrogens is 660 g/mol. The SMILES string of the molecule is C=C(CCC12O[C@H](C(=O)O)[C@@](O)(C(=O)O)C(C(=O)O)(O1)[C@H](OC(=O)/C=C/[C@@H](C)C[C@@H](C)CC)[C@H]2O)[C@@H](OC(C)=O)[C@@H](Cc1ccccc1)OC. The number of carbonyl (C=O) groups excluding carboxylic acids is 2. The fraction of sp³-hybridized carbons (Fsp3) is 0.571. The number of methoxy groups -OCH3 is 1. The van der Waals surface area contributed by atoms with E-state index >= 15 is 0 Å². The Hall–Kier alpha value is -4.15. The molecule has 0 saturated carbocycles. The standard InChI is InChI=1S/C35H46O15/c1-7-19(2)17-20(3)13-14-25(37)48-28-27(38)33(49-29(30(39)40)34(45,31(41)42)35(28,50-33)32(43)44)16-15-21(4)26(47-22(5)36)24(46-6)18-23-11-9-8-10-12-23/h8-14,19-20,24,26-29,38,45H,4,7,15-18H2,1-3,5-6H3,(H,39,40)(H,41,42)(H,43,44)/b14-13+/t19-,20+,24+,26+,27+,28+,29+,33?,34+,35?/m0/s1. The second-order valence-corrected chi connectivity index (χ2v) is 12.9. The van der Waals surface area contributed by atoms with Crippen LogP contribution in [0, 0.1) is 11.8 Å². The van der Waals surface area contributed by atoms with Gasteiger partial charge in [0.1, 0.15) is 18.3 Å². The van der Waals surface area contributed by atoms with Gasteiger partial charge in [0.15, 0.2) is 6.10 Å². The minimum absolute atomic E-state index is 0.133. The van der Waals surface area contributed by atoms with Crippen LogP contribution in [0.1, 0.15) is 58.9 Å². The quantitative estimate of drug-likeness (QED) is 0.0837. The Labute approximate surface area is 289 Å². The summed E-state index contributed by atoms with van der Waals surface area (Å²) in [5.74, 6) is -11.2. The number of allylic oxidation sites excluding steroid dienone is 1. The number of carboxylic acids is 3. The lowest BCUT2D eigenvalue weighted by atomic mass is 9.74. The van der Waals surface area contributed by atoms with Gasteiger partial charge in [0.25, 0.3) is 0 Å². The number of aliphatic carboxylic acids is 3. The highest BCUT2D eigenvalue weighted by molar-refractivity contribution is 5.98. The number of ether oxygens (including phenoxy) is 5. The lowest BCUT2D eigenvalue weighted by molar-refractivity contribution is -0.374. The van der Waals surface area contributed by atoms with Crippen molar-refractivity contribution in [2.45, 2.75) is 107 Å². The zero-order chi connectivity index (χ0) is 37.6. The number of rotatable bonds is 18. The maximum Gasteiger partial charge on any atom is 0.344 e. The molecule has 0 radical (unpaired) electrons. The van der Waals surface area contributed by atoms with Gasteiger partial charge in [-0.3, -0.25) is 4.79 Å². The Morgan fingerprint density at radius 3 is 2.22 bits per heavy atom. The van der Waals surface area contributed by atoms with Crippen molar-refractivity contribution < 1.29 is 73.2 Å². The summed E-state index contributed by atoms with van der Waals surface area (Å²) in [6, 6.07) is 9.05. The fourth-order valence-corrected chi connectivity index (χ4v) is 6.47. The molecule has 276 valence electrons. The molecule has 2 aliphatic rings. The van der Waals surface area contributed by atoms with Gasteiger partial charge in [-0.1, -0.05) is 70.2 Å². The van der Waals surface area contributed by atoms with Crippen molar-refractivity contribution in [3.8, 4) is 0 Å². The lowest BCUT2D eigenvalue weighted by Gasteiger charge is -2.48. The average molecular weight is 707 g/mol. The second-order valence-electron chi connectivity index (χ2n) is 12.9. The summed E-state index contributed by atoms with van der Waals surface area (Å²) in [6.07, 6.45) is -6.28. The van der Waals surface area contributed by atoms with Crippen LogP contribution in [-0.4, -0.2) is 110 Å². The molecule has 2 aliphatic heterocycles. The average Bonchev–Trinajstić information content (AvgIpc) is 3.27. The van der Waals surface area contributed by atoms with Crippen LogP contribution >= 0.6 is 0 Å². The Morgan fingerprint density at radius 2 is 1.70 bits per heavy atom. The molecule has 2 saturated heterocycles. The van der Waals surface area contributed by atoms with E-state index in [1.54, 1.807) is 12.1 Å². The van der Waals surface area contributed by atoms with Gasteiger partial charge in [0.05, 0.1) is 0 Å². The number of benzene rings is 1. The third-order valence-electron chi connectivity index (χ3n) is 9.29. The number of carboxylic acid groups (broad SMARTS) is 3. The number of hydrogen-bond donors (Lipinski definition) is 5. The monoisotopic (exact) mass is 706 g/mol. The Balaban J connectivity index is 2.03. The van der Waals surface area contributed by atoms with Gasteiger partial charge in [-0.25, -0.2) is 19.2 Å². The van der Waals surface area contributed by atoms with Crippen LogP contribution in [0.5, 0.6) is 0 Å². The normalized spacial score (nSPS) is 29.8. The van der Waals surface area contributed by atoms with Gasteiger partial charge in [-0.05, 0) is 35.8 Å².